The van der Waals surface area contributed by atoms with Gasteiger partial charge in [-0.25, -0.2) is 4.79 Å². The van der Waals surface area contributed by atoms with E-state index in [1.807, 2.05) is 0 Å². The minimum atomic E-state index is -2.02. The largest absolute Gasteiger partial charge is 0.387 e. The van der Waals surface area contributed by atoms with Gasteiger partial charge in [0, 0.05) is 18.3 Å². The van der Waals surface area contributed by atoms with Crippen molar-refractivity contribution in [2.45, 2.75) is 76.3 Å². The fraction of sp³-hybridized carbons (Fsp3) is 0.944. The van der Waals surface area contributed by atoms with Crippen LogP contribution < -0.4 is 0 Å². The molecule has 0 radical (unpaired) electrons. The lowest BCUT2D eigenvalue weighted by Crippen LogP contribution is -2.55. The molecule has 1 aliphatic heterocycles. The summed E-state index contributed by atoms with van der Waals surface area (Å²) in [5.41, 5.74) is 0. The summed E-state index contributed by atoms with van der Waals surface area (Å²) in [6, 6.07) is -0.903. The van der Waals surface area contributed by atoms with E-state index in [0.717, 1.165) is 24.2 Å². The number of hydrogen-bond donors (Lipinski definition) is 4. The van der Waals surface area contributed by atoms with Crippen molar-refractivity contribution < 1.29 is 30.0 Å². The van der Waals surface area contributed by atoms with Crippen LogP contribution in [0.2, 0.25) is 0 Å². The third-order valence-corrected chi connectivity index (χ3v) is 5.80. The molecule has 2 aliphatic rings. The minimum absolute atomic E-state index is 0.0266. The van der Waals surface area contributed by atoms with Crippen LogP contribution in [0.25, 0.3) is 0 Å². The average Bonchev–Trinajstić information content (AvgIpc) is 2.95. The number of carbonyl (C=O) groups excluding carboxylic acids is 1. The second-order valence-corrected chi connectivity index (χ2v) is 8.62. The molecule has 0 spiro atoms. The fourth-order valence-corrected chi connectivity index (χ4v) is 4.30. The zero-order valence-corrected chi connectivity index (χ0v) is 17.6. The number of alkyl halides is 1. The Kier molecular flexibility index (Phi) is 8.62. The molecule has 11 heteroatoms. The van der Waals surface area contributed by atoms with Crippen molar-refractivity contribution in [2.75, 3.05) is 19.0 Å². The number of aliphatic hydroxyl groups excluding tert-OH is 3. The number of aliphatic hydroxyl groups is 4. The lowest BCUT2D eigenvalue weighted by Gasteiger charge is -2.38. The fourth-order valence-electron chi connectivity index (χ4n) is 4.14. The van der Waals surface area contributed by atoms with Gasteiger partial charge in [-0.1, -0.05) is 33.1 Å². The van der Waals surface area contributed by atoms with Gasteiger partial charge < -0.3 is 25.2 Å². The van der Waals surface area contributed by atoms with Gasteiger partial charge in [-0.05, 0) is 18.8 Å². The van der Waals surface area contributed by atoms with E-state index in [0.29, 0.717) is 17.9 Å². The topological polar surface area (TPSA) is 143 Å². The van der Waals surface area contributed by atoms with E-state index in [1.54, 1.807) is 13.8 Å². The SMILES string of the molecule is CC(C)CN(C(=O)N(CCCl)N=O)C(O)[C@@H]1O[C@](O)(C2CCCCC2)[C@H](O)[C@@H]1O. The van der Waals surface area contributed by atoms with Gasteiger partial charge in [0.2, 0.25) is 0 Å². The lowest BCUT2D eigenvalue weighted by atomic mass is 9.80. The Hall–Kier alpha value is -1.04. The van der Waals surface area contributed by atoms with Gasteiger partial charge in [0.15, 0.2) is 12.0 Å². The molecule has 29 heavy (non-hydrogen) atoms. The number of nitroso groups, excluding NO2 is 1. The Labute approximate surface area is 175 Å². The number of amides is 2. The molecule has 1 heterocycles. The summed E-state index contributed by atoms with van der Waals surface area (Å²) in [7, 11) is 0. The Morgan fingerprint density at radius 3 is 2.41 bits per heavy atom. The van der Waals surface area contributed by atoms with Crippen LogP contribution in [-0.2, 0) is 4.74 Å². The van der Waals surface area contributed by atoms with E-state index in [2.05, 4.69) is 5.29 Å². The lowest BCUT2D eigenvalue weighted by molar-refractivity contribution is -0.276. The maximum absolute atomic E-state index is 12.7. The summed E-state index contributed by atoms with van der Waals surface area (Å²) in [4.78, 5) is 24.7. The van der Waals surface area contributed by atoms with Gasteiger partial charge in [-0.3, -0.25) is 4.90 Å². The Bertz CT molecular complexity index is 564. The summed E-state index contributed by atoms with van der Waals surface area (Å²) in [6.07, 6.45) is -2.44. The van der Waals surface area contributed by atoms with Crippen LogP contribution >= 0.6 is 11.6 Å². The van der Waals surface area contributed by atoms with Crippen molar-refractivity contribution in [1.82, 2.24) is 9.91 Å². The van der Waals surface area contributed by atoms with Gasteiger partial charge in [0.05, 0.1) is 11.8 Å². The molecule has 0 aromatic heterocycles. The quantitative estimate of drug-likeness (QED) is 0.192. The number of urea groups is 1. The van der Waals surface area contributed by atoms with Crippen molar-refractivity contribution in [3.05, 3.63) is 4.91 Å². The van der Waals surface area contributed by atoms with Crippen molar-refractivity contribution >= 4 is 17.6 Å². The third kappa shape index (κ3) is 5.18. The first-order chi connectivity index (χ1) is 13.7. The number of nitrogens with zero attached hydrogens (tertiary/aromatic N) is 3. The number of carbonyl (C=O) groups is 1. The number of halogens is 1. The molecule has 0 aromatic rings. The van der Waals surface area contributed by atoms with Crippen LogP contribution in [0, 0.1) is 16.7 Å². The Morgan fingerprint density at radius 2 is 1.90 bits per heavy atom. The highest BCUT2D eigenvalue weighted by atomic mass is 35.5. The Morgan fingerprint density at radius 1 is 1.28 bits per heavy atom. The number of ether oxygens (including phenoxy) is 1. The second kappa shape index (κ2) is 10.3. The van der Waals surface area contributed by atoms with Gasteiger partial charge in [-0.15, -0.1) is 16.5 Å². The van der Waals surface area contributed by atoms with Crippen molar-refractivity contribution in [3.63, 3.8) is 0 Å². The first kappa shape index (κ1) is 24.2. The predicted molar refractivity (Wildman–Crippen MR) is 105 cm³/mol. The smallest absolute Gasteiger partial charge is 0.345 e. The van der Waals surface area contributed by atoms with Gasteiger partial charge >= 0.3 is 6.03 Å². The van der Waals surface area contributed by atoms with Crippen molar-refractivity contribution in [3.8, 4) is 0 Å². The average molecular weight is 438 g/mol. The second-order valence-electron chi connectivity index (χ2n) is 8.24. The molecule has 2 amide bonds. The van der Waals surface area contributed by atoms with Crippen LogP contribution in [0.4, 0.5) is 4.79 Å². The molecule has 1 saturated carbocycles. The van der Waals surface area contributed by atoms with E-state index in [9.17, 15) is 30.1 Å². The van der Waals surface area contributed by atoms with E-state index in [-0.39, 0.29) is 24.9 Å². The van der Waals surface area contributed by atoms with Crippen LogP contribution in [0.1, 0.15) is 46.0 Å². The van der Waals surface area contributed by atoms with Gasteiger partial charge in [0.25, 0.3) is 0 Å². The summed E-state index contributed by atoms with van der Waals surface area (Å²) in [5, 5.41) is 46.0. The van der Waals surface area contributed by atoms with Crippen LogP contribution in [0.3, 0.4) is 0 Å². The molecular weight excluding hydrogens is 406 g/mol. The summed E-state index contributed by atoms with van der Waals surface area (Å²) >= 11 is 5.60. The van der Waals surface area contributed by atoms with Crippen molar-refractivity contribution in [1.29, 1.82) is 0 Å². The molecule has 168 valence electrons. The number of hydrogen-bond acceptors (Lipinski definition) is 8. The van der Waals surface area contributed by atoms with Crippen LogP contribution in [0.5, 0.6) is 0 Å². The molecule has 1 unspecified atom stereocenters. The molecule has 10 nitrogen and oxygen atoms in total. The molecule has 0 aromatic carbocycles. The molecule has 2 fully saturated rings. The summed E-state index contributed by atoms with van der Waals surface area (Å²) in [5.74, 6) is -2.54. The van der Waals surface area contributed by atoms with E-state index >= 15 is 0 Å². The highest BCUT2D eigenvalue weighted by Crippen LogP contribution is 2.43. The molecule has 2 rings (SSSR count). The van der Waals surface area contributed by atoms with Gasteiger partial charge in [0.1, 0.15) is 18.3 Å². The zero-order chi connectivity index (χ0) is 21.8. The normalized spacial score (nSPS) is 31.7. The third-order valence-electron chi connectivity index (χ3n) is 5.64. The van der Waals surface area contributed by atoms with E-state index in [1.165, 1.54) is 0 Å². The standard InChI is InChI=1S/C18H32ClN3O7/c1-11(2)10-21(17(26)22(20-28)9-8-19)16(25)14-13(23)15(24)18(27,29-14)12-6-4-3-5-7-12/h11-16,23-25,27H,3-10H2,1-2H3/t13-,14-,15-,16?,18-/m1/s1. The summed E-state index contributed by atoms with van der Waals surface area (Å²) < 4.78 is 5.62. The van der Waals surface area contributed by atoms with Crippen molar-refractivity contribution in [2.24, 2.45) is 17.1 Å². The first-order valence-electron chi connectivity index (χ1n) is 10.1. The monoisotopic (exact) mass is 437 g/mol. The predicted octanol–water partition coefficient (Wildman–Crippen LogP) is 0.994. The molecule has 1 saturated heterocycles. The molecule has 5 atom stereocenters. The molecular formula is C18H32ClN3O7. The first-order valence-corrected chi connectivity index (χ1v) is 10.6. The highest BCUT2D eigenvalue weighted by Gasteiger charge is 2.59. The Balaban J connectivity index is 2.24. The van der Waals surface area contributed by atoms with Crippen LogP contribution in [0.15, 0.2) is 5.29 Å². The molecule has 0 bridgehead atoms. The minimum Gasteiger partial charge on any atom is -0.387 e. The summed E-state index contributed by atoms with van der Waals surface area (Å²) in [6.45, 7) is 3.46. The van der Waals surface area contributed by atoms with Crippen LogP contribution in [-0.4, -0.2) is 85.7 Å². The molecule has 1 aliphatic carbocycles. The highest BCUT2D eigenvalue weighted by molar-refractivity contribution is 6.18. The zero-order valence-electron chi connectivity index (χ0n) is 16.9. The van der Waals surface area contributed by atoms with E-state index < -0.39 is 42.3 Å². The maximum Gasteiger partial charge on any atom is 0.345 e. The number of rotatable bonds is 8. The molecule has 4 N–H and O–H groups in total. The van der Waals surface area contributed by atoms with Gasteiger partial charge in [-0.2, -0.15) is 5.01 Å². The van der Waals surface area contributed by atoms with E-state index in [4.69, 9.17) is 16.3 Å². The maximum atomic E-state index is 12.7.